The molecule has 23 heavy (non-hydrogen) atoms. The van der Waals surface area contributed by atoms with Crippen molar-refractivity contribution in [2.45, 2.75) is 39.4 Å². The standard InChI is InChI=1S/C17H29NO5/c1-12(2)14-9-15(17(20)18-11-13-3-4-13)23-16(10-14)22-8-7-21-6-5-19/h9,12-14,16,19H,3-8,10-11H2,1-2H3,(H,18,20). The van der Waals surface area contributed by atoms with E-state index in [9.17, 15) is 4.79 Å². The summed E-state index contributed by atoms with van der Waals surface area (Å²) in [5, 5.41) is 11.6. The number of carbonyl (C=O) groups excluding carboxylic acids is 1. The third-order valence-corrected chi connectivity index (χ3v) is 4.18. The molecule has 2 unspecified atom stereocenters. The molecule has 2 aliphatic rings. The van der Waals surface area contributed by atoms with E-state index in [0.717, 1.165) is 13.0 Å². The highest BCUT2D eigenvalue weighted by molar-refractivity contribution is 5.91. The average molecular weight is 327 g/mol. The smallest absolute Gasteiger partial charge is 0.286 e. The molecule has 6 nitrogen and oxygen atoms in total. The molecule has 0 spiro atoms. The minimum Gasteiger partial charge on any atom is -0.459 e. The number of carbonyl (C=O) groups is 1. The SMILES string of the molecule is CC(C)C1C=C(C(=O)NCC2CC2)OC(OCCOCCO)C1. The molecule has 0 aromatic rings. The summed E-state index contributed by atoms with van der Waals surface area (Å²) >= 11 is 0. The number of rotatable bonds is 10. The Morgan fingerprint density at radius 2 is 2.17 bits per heavy atom. The molecular weight excluding hydrogens is 298 g/mol. The first-order valence-corrected chi connectivity index (χ1v) is 8.57. The van der Waals surface area contributed by atoms with Gasteiger partial charge in [0.2, 0.25) is 6.29 Å². The quantitative estimate of drug-likeness (QED) is 0.594. The van der Waals surface area contributed by atoms with E-state index in [1.807, 2.05) is 6.08 Å². The van der Waals surface area contributed by atoms with Crippen LogP contribution in [0.3, 0.4) is 0 Å². The van der Waals surface area contributed by atoms with Crippen molar-refractivity contribution in [1.29, 1.82) is 0 Å². The molecule has 6 heteroatoms. The molecule has 0 bridgehead atoms. The van der Waals surface area contributed by atoms with Gasteiger partial charge in [0.05, 0.1) is 26.4 Å². The van der Waals surface area contributed by atoms with Gasteiger partial charge < -0.3 is 24.6 Å². The van der Waals surface area contributed by atoms with Gasteiger partial charge in [0.1, 0.15) is 0 Å². The van der Waals surface area contributed by atoms with Crippen LogP contribution in [0, 0.1) is 17.8 Å². The van der Waals surface area contributed by atoms with Crippen LogP contribution < -0.4 is 5.32 Å². The molecule has 1 amide bonds. The van der Waals surface area contributed by atoms with Crippen LogP contribution in [0.2, 0.25) is 0 Å². The summed E-state index contributed by atoms with van der Waals surface area (Å²) < 4.78 is 16.6. The van der Waals surface area contributed by atoms with Gasteiger partial charge in [-0.05, 0) is 36.7 Å². The fraction of sp³-hybridized carbons (Fsp3) is 0.824. The molecule has 2 atom stereocenters. The van der Waals surface area contributed by atoms with Gasteiger partial charge in [-0.2, -0.15) is 0 Å². The van der Waals surface area contributed by atoms with Crippen LogP contribution in [-0.2, 0) is 19.0 Å². The Morgan fingerprint density at radius 1 is 1.39 bits per heavy atom. The first kappa shape index (κ1) is 18.2. The third-order valence-electron chi connectivity index (χ3n) is 4.18. The van der Waals surface area contributed by atoms with Crippen LogP contribution in [0.4, 0.5) is 0 Å². The topological polar surface area (TPSA) is 77.0 Å². The summed E-state index contributed by atoms with van der Waals surface area (Å²) in [6, 6.07) is 0. The molecule has 0 aromatic heterocycles. The molecule has 1 saturated carbocycles. The zero-order valence-electron chi connectivity index (χ0n) is 14.1. The third kappa shape index (κ3) is 6.49. The van der Waals surface area contributed by atoms with E-state index in [1.54, 1.807) is 0 Å². The lowest BCUT2D eigenvalue weighted by atomic mass is 9.90. The van der Waals surface area contributed by atoms with Crippen molar-refractivity contribution < 1.29 is 24.1 Å². The van der Waals surface area contributed by atoms with Crippen molar-refractivity contribution in [3.63, 3.8) is 0 Å². The lowest BCUT2D eigenvalue weighted by Crippen LogP contribution is -2.35. The maximum Gasteiger partial charge on any atom is 0.286 e. The zero-order chi connectivity index (χ0) is 16.7. The number of ether oxygens (including phenoxy) is 3. The fourth-order valence-corrected chi connectivity index (χ4v) is 2.46. The van der Waals surface area contributed by atoms with Crippen molar-refractivity contribution in [3.05, 3.63) is 11.8 Å². The molecule has 1 heterocycles. The highest BCUT2D eigenvalue weighted by Crippen LogP contribution is 2.30. The second-order valence-electron chi connectivity index (χ2n) is 6.58. The van der Waals surface area contributed by atoms with E-state index in [4.69, 9.17) is 19.3 Å². The van der Waals surface area contributed by atoms with Gasteiger partial charge in [-0.3, -0.25) is 4.79 Å². The number of aliphatic hydroxyl groups is 1. The number of amides is 1. The minimum absolute atomic E-state index is 0.00338. The monoisotopic (exact) mass is 327 g/mol. The first-order chi connectivity index (χ1) is 11.1. The van der Waals surface area contributed by atoms with Crippen LogP contribution >= 0.6 is 0 Å². The molecular formula is C17H29NO5. The molecule has 1 aliphatic heterocycles. The fourth-order valence-electron chi connectivity index (χ4n) is 2.46. The van der Waals surface area contributed by atoms with Gasteiger partial charge in [0.25, 0.3) is 5.91 Å². The maximum atomic E-state index is 12.2. The Balaban J connectivity index is 1.82. The van der Waals surface area contributed by atoms with Crippen molar-refractivity contribution >= 4 is 5.91 Å². The molecule has 132 valence electrons. The average Bonchev–Trinajstić information content (AvgIpc) is 3.36. The van der Waals surface area contributed by atoms with Crippen LogP contribution in [0.15, 0.2) is 11.8 Å². The van der Waals surface area contributed by atoms with Gasteiger partial charge in [0, 0.05) is 13.0 Å². The number of aliphatic hydroxyl groups excluding tert-OH is 1. The van der Waals surface area contributed by atoms with Crippen LogP contribution in [0.1, 0.15) is 33.1 Å². The maximum absolute atomic E-state index is 12.2. The van der Waals surface area contributed by atoms with Crippen LogP contribution in [0.5, 0.6) is 0 Å². The van der Waals surface area contributed by atoms with E-state index >= 15 is 0 Å². The van der Waals surface area contributed by atoms with E-state index in [2.05, 4.69) is 19.2 Å². The molecule has 2 rings (SSSR count). The predicted octanol–water partition coefficient (Wildman–Crippen LogP) is 1.44. The summed E-state index contributed by atoms with van der Waals surface area (Å²) in [4.78, 5) is 12.2. The van der Waals surface area contributed by atoms with E-state index in [-0.39, 0.29) is 18.4 Å². The zero-order valence-corrected chi connectivity index (χ0v) is 14.1. The largest absolute Gasteiger partial charge is 0.459 e. The number of hydrogen-bond acceptors (Lipinski definition) is 5. The molecule has 0 saturated heterocycles. The van der Waals surface area contributed by atoms with Gasteiger partial charge >= 0.3 is 0 Å². The summed E-state index contributed by atoms with van der Waals surface area (Å²) in [5.74, 6) is 1.54. The first-order valence-electron chi connectivity index (χ1n) is 8.57. The summed E-state index contributed by atoms with van der Waals surface area (Å²) in [6.07, 6.45) is 4.64. The van der Waals surface area contributed by atoms with E-state index in [0.29, 0.717) is 37.4 Å². The number of nitrogens with one attached hydrogen (secondary N) is 1. The minimum atomic E-state index is -0.424. The molecule has 0 radical (unpaired) electrons. The predicted molar refractivity (Wildman–Crippen MR) is 85.5 cm³/mol. The molecule has 1 fully saturated rings. The summed E-state index contributed by atoms with van der Waals surface area (Å²) in [7, 11) is 0. The van der Waals surface area contributed by atoms with Gasteiger partial charge in [-0.1, -0.05) is 13.8 Å². The number of hydrogen-bond donors (Lipinski definition) is 2. The van der Waals surface area contributed by atoms with Gasteiger partial charge in [0.15, 0.2) is 5.76 Å². The normalized spacial score (nSPS) is 24.3. The summed E-state index contributed by atoms with van der Waals surface area (Å²) in [6.45, 7) is 6.08. The second kappa shape index (κ2) is 9.25. The molecule has 0 aromatic carbocycles. The Morgan fingerprint density at radius 3 is 2.83 bits per heavy atom. The van der Waals surface area contributed by atoms with E-state index in [1.165, 1.54) is 12.8 Å². The van der Waals surface area contributed by atoms with Crippen molar-refractivity contribution in [2.75, 3.05) is 33.0 Å². The Labute approximate surface area is 138 Å². The lowest BCUT2D eigenvalue weighted by molar-refractivity contribution is -0.155. The highest BCUT2D eigenvalue weighted by Gasteiger charge is 2.30. The van der Waals surface area contributed by atoms with Crippen LogP contribution in [-0.4, -0.2) is 50.3 Å². The number of allylic oxidation sites excluding steroid dienone is 1. The Hall–Kier alpha value is -1.11. The van der Waals surface area contributed by atoms with E-state index < -0.39 is 6.29 Å². The molecule has 1 aliphatic carbocycles. The summed E-state index contributed by atoms with van der Waals surface area (Å²) in [5.41, 5.74) is 0. The van der Waals surface area contributed by atoms with Crippen LogP contribution in [0.25, 0.3) is 0 Å². The Bertz CT molecular complexity index is 406. The molecule has 2 N–H and O–H groups in total. The highest BCUT2D eigenvalue weighted by atomic mass is 16.7. The van der Waals surface area contributed by atoms with Crippen molar-refractivity contribution in [2.24, 2.45) is 17.8 Å². The lowest BCUT2D eigenvalue weighted by Gasteiger charge is -2.30. The second-order valence-corrected chi connectivity index (χ2v) is 6.58. The van der Waals surface area contributed by atoms with Gasteiger partial charge in [-0.15, -0.1) is 0 Å². The van der Waals surface area contributed by atoms with Crippen molar-refractivity contribution in [1.82, 2.24) is 5.32 Å². The van der Waals surface area contributed by atoms with Gasteiger partial charge in [-0.25, -0.2) is 0 Å². The van der Waals surface area contributed by atoms with Crippen molar-refractivity contribution in [3.8, 4) is 0 Å². The Kier molecular flexibility index (Phi) is 7.33.